The molecule has 2 aromatic heterocycles. The van der Waals surface area contributed by atoms with E-state index in [2.05, 4.69) is 20.7 Å². The van der Waals surface area contributed by atoms with Crippen molar-refractivity contribution in [2.45, 2.75) is 6.92 Å². The molecule has 2 rings (SSSR count). The largest absolute Gasteiger partial charge is 0.368 e. The Labute approximate surface area is 101 Å². The first kappa shape index (κ1) is 11.6. The van der Waals surface area contributed by atoms with Gasteiger partial charge in [0.05, 0.1) is 11.9 Å². The highest BCUT2D eigenvalue weighted by Gasteiger charge is 2.10. The molecule has 2 aromatic rings. The van der Waals surface area contributed by atoms with E-state index in [1.165, 1.54) is 11.3 Å². The van der Waals surface area contributed by atoms with E-state index in [9.17, 15) is 4.79 Å². The van der Waals surface area contributed by atoms with Gasteiger partial charge in [-0.3, -0.25) is 10.2 Å². The van der Waals surface area contributed by atoms with Gasteiger partial charge in [0.25, 0.3) is 0 Å². The van der Waals surface area contributed by atoms with Gasteiger partial charge < -0.3 is 11.1 Å². The number of nitrogen functional groups attached to an aromatic ring is 1. The topological polar surface area (TPSA) is 119 Å². The van der Waals surface area contributed by atoms with Crippen LogP contribution in [0.25, 0.3) is 10.2 Å². The number of primary amides is 1. The Hall–Kier alpha value is -1.93. The van der Waals surface area contributed by atoms with Gasteiger partial charge >= 0.3 is 0 Å². The van der Waals surface area contributed by atoms with Crippen molar-refractivity contribution in [1.82, 2.24) is 9.97 Å². The van der Waals surface area contributed by atoms with Crippen molar-refractivity contribution in [3.63, 3.8) is 0 Å². The van der Waals surface area contributed by atoms with Crippen molar-refractivity contribution >= 4 is 39.2 Å². The molecule has 7 nitrogen and oxygen atoms in total. The number of hydrogen-bond donors (Lipinski definition) is 4. The summed E-state index contributed by atoms with van der Waals surface area (Å²) >= 11 is 1.53. The summed E-state index contributed by atoms with van der Waals surface area (Å²) in [6, 6.07) is 1.95. The third-order valence-corrected chi connectivity index (χ3v) is 3.02. The predicted molar refractivity (Wildman–Crippen MR) is 67.6 cm³/mol. The molecular weight excluding hydrogens is 240 g/mol. The van der Waals surface area contributed by atoms with Gasteiger partial charge in [-0.05, 0) is 13.0 Å². The average Bonchev–Trinajstić information content (AvgIpc) is 2.65. The van der Waals surface area contributed by atoms with Crippen molar-refractivity contribution in [2.75, 3.05) is 17.3 Å². The van der Waals surface area contributed by atoms with Crippen LogP contribution in [0.2, 0.25) is 0 Å². The minimum atomic E-state index is -0.453. The molecule has 0 bridgehead atoms. The number of nitrogens with zero attached hydrogens (tertiary/aromatic N) is 2. The van der Waals surface area contributed by atoms with Gasteiger partial charge in [-0.25, -0.2) is 10.8 Å². The van der Waals surface area contributed by atoms with E-state index in [-0.39, 0.29) is 6.54 Å². The van der Waals surface area contributed by atoms with E-state index in [1.54, 1.807) is 0 Å². The number of fused-ring (bicyclic) bond motifs is 1. The van der Waals surface area contributed by atoms with Crippen LogP contribution in [0.15, 0.2) is 6.07 Å². The number of rotatable bonds is 4. The monoisotopic (exact) mass is 252 g/mol. The molecule has 0 aliphatic carbocycles. The zero-order valence-corrected chi connectivity index (χ0v) is 9.97. The molecule has 0 unspecified atom stereocenters. The van der Waals surface area contributed by atoms with Crippen molar-refractivity contribution in [1.29, 1.82) is 0 Å². The molecule has 0 radical (unpaired) electrons. The molecule has 0 aromatic carbocycles. The second kappa shape index (κ2) is 4.52. The Morgan fingerprint density at radius 1 is 1.53 bits per heavy atom. The van der Waals surface area contributed by atoms with E-state index >= 15 is 0 Å². The Bertz CT molecular complexity index is 566. The number of aryl methyl sites for hydroxylation is 1. The number of anilines is 2. The highest BCUT2D eigenvalue weighted by atomic mass is 32.1. The summed E-state index contributed by atoms with van der Waals surface area (Å²) in [7, 11) is 0. The Kier molecular flexibility index (Phi) is 3.07. The molecule has 17 heavy (non-hydrogen) atoms. The van der Waals surface area contributed by atoms with Crippen molar-refractivity contribution in [3.05, 3.63) is 10.9 Å². The van der Waals surface area contributed by atoms with Crippen LogP contribution in [-0.2, 0) is 4.79 Å². The van der Waals surface area contributed by atoms with Crippen LogP contribution < -0.4 is 22.3 Å². The Morgan fingerprint density at radius 3 is 2.94 bits per heavy atom. The number of aromatic nitrogens is 2. The molecule has 6 N–H and O–H groups in total. The van der Waals surface area contributed by atoms with E-state index in [0.717, 1.165) is 15.1 Å². The van der Waals surface area contributed by atoms with Gasteiger partial charge in [0, 0.05) is 4.88 Å². The predicted octanol–water partition coefficient (Wildman–Crippen LogP) is 0.183. The molecule has 1 amide bonds. The highest BCUT2D eigenvalue weighted by Crippen LogP contribution is 2.29. The first-order valence-corrected chi connectivity index (χ1v) is 5.69. The summed E-state index contributed by atoms with van der Waals surface area (Å²) in [6.07, 6.45) is 0. The lowest BCUT2D eigenvalue weighted by atomic mass is 10.3. The molecule has 2 heterocycles. The fraction of sp³-hybridized carbons (Fsp3) is 0.222. The van der Waals surface area contributed by atoms with E-state index in [4.69, 9.17) is 11.6 Å². The number of nitrogens with one attached hydrogen (secondary N) is 2. The third kappa shape index (κ3) is 2.43. The molecule has 0 saturated heterocycles. The van der Waals surface area contributed by atoms with Crippen LogP contribution in [0, 0.1) is 6.92 Å². The summed E-state index contributed by atoms with van der Waals surface area (Å²) in [5, 5.41) is 3.72. The molecule has 0 fully saturated rings. The van der Waals surface area contributed by atoms with Gasteiger partial charge in [0.15, 0.2) is 0 Å². The van der Waals surface area contributed by atoms with Crippen LogP contribution >= 0.6 is 11.3 Å². The average molecular weight is 252 g/mol. The highest BCUT2D eigenvalue weighted by molar-refractivity contribution is 7.18. The van der Waals surface area contributed by atoms with Gasteiger partial charge in [0.2, 0.25) is 11.9 Å². The normalized spacial score (nSPS) is 10.5. The third-order valence-electron chi connectivity index (χ3n) is 2.08. The van der Waals surface area contributed by atoms with Crippen LogP contribution in [-0.4, -0.2) is 22.4 Å². The second-order valence-corrected chi connectivity index (χ2v) is 4.67. The number of carbonyl (C=O) groups excluding carboxylic acids is 1. The first-order chi connectivity index (χ1) is 8.10. The first-order valence-electron chi connectivity index (χ1n) is 4.87. The van der Waals surface area contributed by atoms with Crippen LogP contribution in [0.1, 0.15) is 4.88 Å². The summed E-state index contributed by atoms with van der Waals surface area (Å²) < 4.78 is 0. The van der Waals surface area contributed by atoms with Crippen molar-refractivity contribution < 1.29 is 4.79 Å². The molecule has 0 atom stereocenters. The lowest BCUT2D eigenvalue weighted by Gasteiger charge is -2.06. The number of thiophene rings is 1. The van der Waals surface area contributed by atoms with Gasteiger partial charge in [-0.2, -0.15) is 4.98 Å². The zero-order valence-electron chi connectivity index (χ0n) is 9.15. The van der Waals surface area contributed by atoms with E-state index in [1.807, 2.05) is 13.0 Å². The fourth-order valence-electron chi connectivity index (χ4n) is 1.41. The summed E-state index contributed by atoms with van der Waals surface area (Å²) in [6.45, 7) is 1.99. The maximum atomic E-state index is 10.7. The quantitative estimate of drug-likeness (QED) is 0.455. The zero-order chi connectivity index (χ0) is 12.4. The molecule has 0 aliphatic heterocycles. The van der Waals surface area contributed by atoms with Crippen LogP contribution in [0.4, 0.5) is 11.8 Å². The molecule has 8 heteroatoms. The smallest absolute Gasteiger partial charge is 0.240 e. The summed E-state index contributed by atoms with van der Waals surface area (Å²) in [5.41, 5.74) is 7.46. The maximum Gasteiger partial charge on any atom is 0.240 e. The number of amides is 1. The number of hydrogen-bond acceptors (Lipinski definition) is 7. The van der Waals surface area contributed by atoms with Crippen molar-refractivity contribution in [2.24, 2.45) is 11.6 Å². The lowest BCUT2D eigenvalue weighted by molar-refractivity contribution is -0.116. The fourth-order valence-corrected chi connectivity index (χ4v) is 2.29. The number of nitrogens with two attached hydrogens (primary N) is 2. The molecule has 0 spiro atoms. The second-order valence-electron chi connectivity index (χ2n) is 3.44. The SMILES string of the molecule is Cc1cc2c(NCC(N)=O)nc(NN)nc2s1. The van der Waals surface area contributed by atoms with Gasteiger partial charge in [-0.1, -0.05) is 0 Å². The Balaban J connectivity index is 2.46. The summed E-state index contributed by atoms with van der Waals surface area (Å²) in [5.74, 6) is 5.67. The van der Waals surface area contributed by atoms with Gasteiger partial charge in [-0.15, -0.1) is 11.3 Å². The molecule has 0 saturated carbocycles. The summed E-state index contributed by atoms with van der Waals surface area (Å²) in [4.78, 5) is 21.0. The minimum absolute atomic E-state index is 0.0189. The lowest BCUT2D eigenvalue weighted by Crippen LogP contribution is -2.22. The number of carbonyl (C=O) groups is 1. The minimum Gasteiger partial charge on any atom is -0.368 e. The van der Waals surface area contributed by atoms with E-state index in [0.29, 0.717) is 11.8 Å². The van der Waals surface area contributed by atoms with Crippen LogP contribution in [0.3, 0.4) is 0 Å². The van der Waals surface area contributed by atoms with Crippen LogP contribution in [0.5, 0.6) is 0 Å². The molecule has 0 aliphatic rings. The van der Waals surface area contributed by atoms with E-state index < -0.39 is 5.91 Å². The molecule has 90 valence electrons. The Morgan fingerprint density at radius 2 is 2.29 bits per heavy atom. The number of hydrazine groups is 1. The maximum absolute atomic E-state index is 10.7. The standard InChI is InChI=1S/C9H12N6OS/c1-4-2-5-7(12-3-6(10)16)13-9(15-11)14-8(5)17-4/h2H,3,11H2,1H3,(H2,10,16)(H2,12,13,14,15). The van der Waals surface area contributed by atoms with Crippen molar-refractivity contribution in [3.8, 4) is 0 Å². The molecular formula is C9H12N6OS. The van der Waals surface area contributed by atoms with Gasteiger partial charge in [0.1, 0.15) is 10.6 Å².